The third-order valence-corrected chi connectivity index (χ3v) is 5.36. The Morgan fingerprint density at radius 1 is 0.793 bits per heavy atom. The molecule has 0 amide bonds. The van der Waals surface area contributed by atoms with Gasteiger partial charge in [-0.15, -0.1) is 0 Å². The molecule has 0 spiro atoms. The summed E-state index contributed by atoms with van der Waals surface area (Å²) in [5, 5.41) is 8.94. The van der Waals surface area contributed by atoms with E-state index < -0.39 is 35.1 Å². The number of nitriles is 1. The number of halogens is 11. The highest BCUT2D eigenvalue weighted by Crippen LogP contribution is 2.60. The van der Waals surface area contributed by atoms with Crippen LogP contribution in [0.5, 0.6) is 0 Å². The Balaban J connectivity index is 3.02. The third-order valence-electron chi connectivity index (χ3n) is 3.89. The lowest BCUT2D eigenvalue weighted by Crippen LogP contribution is -2.60. The molecule has 0 radical (unpaired) electrons. The molecule has 29 heavy (non-hydrogen) atoms. The third kappa shape index (κ3) is 4.04. The molecule has 2 rings (SSSR count). The second kappa shape index (κ2) is 7.78. The van der Waals surface area contributed by atoms with Gasteiger partial charge >= 0.3 is 23.9 Å². The molecule has 0 N–H and O–H groups in total. The van der Waals surface area contributed by atoms with Crippen molar-refractivity contribution in [2.45, 2.75) is 23.9 Å². The largest absolute Gasteiger partial charge is 0.457 e. The topological polar surface area (TPSA) is 23.8 Å². The van der Waals surface area contributed by atoms with Gasteiger partial charge < -0.3 is 0 Å². The summed E-state index contributed by atoms with van der Waals surface area (Å²) in [4.78, 5) is 0. The predicted octanol–water partition coefficient (Wildman–Crippen LogP) is 7.36. The van der Waals surface area contributed by atoms with Crippen molar-refractivity contribution < 1.29 is 39.5 Å². The molecule has 0 bridgehead atoms. The second-order valence-electron chi connectivity index (χ2n) is 5.73. The first-order valence-electron chi connectivity index (χ1n) is 7.28. The fourth-order valence-electron chi connectivity index (χ4n) is 2.58. The van der Waals surface area contributed by atoms with E-state index in [0.717, 1.165) is 12.1 Å². The van der Waals surface area contributed by atoms with Crippen LogP contribution in [0.2, 0.25) is 0 Å². The molecule has 1 nitrogen and oxygen atoms in total. The number of nitrogens with zero attached hydrogens (tertiary/aromatic N) is 1. The highest BCUT2D eigenvalue weighted by molar-refractivity contribution is 14.1. The summed E-state index contributed by atoms with van der Waals surface area (Å²) in [6, 6.07) is 7.61. The first kappa shape index (κ1) is 24.0. The summed E-state index contributed by atoms with van der Waals surface area (Å²) in [7, 11) is 0. The van der Waals surface area contributed by atoms with Gasteiger partial charge in [0.05, 0.1) is 11.6 Å². The van der Waals surface area contributed by atoms with E-state index in [4.69, 9.17) is 5.26 Å². The van der Waals surface area contributed by atoms with Gasteiger partial charge in [0.15, 0.2) is 0 Å². The zero-order valence-electron chi connectivity index (χ0n) is 13.6. The van der Waals surface area contributed by atoms with E-state index >= 15 is 4.39 Å². The standard InChI is InChI=1S/C17H6F9I2N/c18-14(16(21,22)23,15(19,20)17(24,25)26)11-5-10(27)6-12(28)13(11)9-3-1-2-8(4-9)7-29/h1-6H. The van der Waals surface area contributed by atoms with Crippen LogP contribution in [0.15, 0.2) is 36.4 Å². The fourth-order valence-corrected chi connectivity index (χ4v) is 4.73. The molecule has 0 heterocycles. The van der Waals surface area contributed by atoms with E-state index in [-0.39, 0.29) is 18.3 Å². The number of hydrogen-bond donors (Lipinski definition) is 0. The van der Waals surface area contributed by atoms with Gasteiger partial charge in [-0.05, 0) is 75.0 Å². The van der Waals surface area contributed by atoms with Crippen LogP contribution in [-0.2, 0) is 5.67 Å². The lowest BCUT2D eigenvalue weighted by Gasteiger charge is -2.37. The van der Waals surface area contributed by atoms with E-state index in [1.807, 2.05) is 0 Å². The lowest BCUT2D eigenvalue weighted by molar-refractivity contribution is -0.389. The summed E-state index contributed by atoms with van der Waals surface area (Å²) < 4.78 is 122. The number of alkyl halides is 9. The van der Waals surface area contributed by atoms with Crippen LogP contribution in [0.25, 0.3) is 11.1 Å². The predicted molar refractivity (Wildman–Crippen MR) is 102 cm³/mol. The summed E-state index contributed by atoms with van der Waals surface area (Å²) in [5.74, 6) is -6.78. The molecule has 0 fully saturated rings. The monoisotopic (exact) mass is 649 g/mol. The number of rotatable bonds is 3. The van der Waals surface area contributed by atoms with Crippen molar-refractivity contribution in [3.05, 3.63) is 54.7 Å². The van der Waals surface area contributed by atoms with Crippen molar-refractivity contribution in [2.75, 3.05) is 0 Å². The van der Waals surface area contributed by atoms with Crippen molar-refractivity contribution in [1.82, 2.24) is 0 Å². The minimum Gasteiger partial charge on any atom is -0.221 e. The fraction of sp³-hybridized carbons (Fsp3) is 0.235. The average molecular weight is 649 g/mol. The Labute approximate surface area is 185 Å². The summed E-state index contributed by atoms with van der Waals surface area (Å²) in [6.45, 7) is 0. The molecule has 2 aromatic carbocycles. The average Bonchev–Trinajstić information content (AvgIpc) is 2.58. The summed E-state index contributed by atoms with van der Waals surface area (Å²) in [5.41, 5.74) is -9.20. The SMILES string of the molecule is N#Cc1cccc(-c2c(I)cc(I)cc2C(F)(C(F)(F)F)C(F)(F)C(F)(F)F)c1. The van der Waals surface area contributed by atoms with Crippen molar-refractivity contribution in [2.24, 2.45) is 0 Å². The van der Waals surface area contributed by atoms with E-state index in [2.05, 4.69) is 0 Å². The van der Waals surface area contributed by atoms with Crippen LogP contribution < -0.4 is 0 Å². The van der Waals surface area contributed by atoms with Crippen LogP contribution in [0, 0.1) is 18.5 Å². The second-order valence-corrected chi connectivity index (χ2v) is 8.14. The zero-order chi connectivity index (χ0) is 22.4. The van der Waals surface area contributed by atoms with Crippen LogP contribution in [-0.4, -0.2) is 18.3 Å². The Morgan fingerprint density at radius 3 is 1.86 bits per heavy atom. The smallest absolute Gasteiger partial charge is 0.221 e. The van der Waals surface area contributed by atoms with Gasteiger partial charge in [0.1, 0.15) is 0 Å². The zero-order valence-corrected chi connectivity index (χ0v) is 17.9. The highest BCUT2D eigenvalue weighted by atomic mass is 127. The van der Waals surface area contributed by atoms with Gasteiger partial charge in [-0.25, -0.2) is 4.39 Å². The van der Waals surface area contributed by atoms with Gasteiger partial charge in [-0.2, -0.15) is 40.4 Å². The first-order chi connectivity index (χ1) is 13.1. The molecular weight excluding hydrogens is 643 g/mol. The van der Waals surface area contributed by atoms with Gasteiger partial charge in [0.25, 0.3) is 0 Å². The molecule has 1 atom stereocenters. The normalized spacial score (nSPS) is 15.0. The van der Waals surface area contributed by atoms with Crippen molar-refractivity contribution in [3.8, 4) is 17.2 Å². The number of benzene rings is 2. The Morgan fingerprint density at radius 2 is 1.38 bits per heavy atom. The molecule has 2 aromatic rings. The first-order valence-corrected chi connectivity index (χ1v) is 9.44. The Kier molecular flexibility index (Phi) is 6.45. The van der Waals surface area contributed by atoms with E-state index in [0.29, 0.717) is 6.07 Å². The minimum atomic E-state index is -6.82. The van der Waals surface area contributed by atoms with Gasteiger partial charge in [0.2, 0.25) is 0 Å². The van der Waals surface area contributed by atoms with E-state index in [1.54, 1.807) is 6.07 Å². The van der Waals surface area contributed by atoms with E-state index in [9.17, 15) is 35.1 Å². The molecule has 12 heteroatoms. The van der Waals surface area contributed by atoms with Crippen LogP contribution in [0.3, 0.4) is 0 Å². The van der Waals surface area contributed by atoms with Crippen LogP contribution >= 0.6 is 45.2 Å². The molecule has 0 saturated carbocycles. The van der Waals surface area contributed by atoms with Gasteiger partial charge in [-0.3, -0.25) is 0 Å². The van der Waals surface area contributed by atoms with Crippen molar-refractivity contribution >= 4 is 45.2 Å². The molecule has 0 aliphatic rings. The maximum absolute atomic E-state index is 15.1. The van der Waals surface area contributed by atoms with Crippen molar-refractivity contribution in [3.63, 3.8) is 0 Å². The molecule has 1 unspecified atom stereocenters. The molecule has 0 aromatic heterocycles. The van der Waals surface area contributed by atoms with Gasteiger partial charge in [0, 0.05) is 18.3 Å². The van der Waals surface area contributed by atoms with E-state index in [1.165, 1.54) is 63.4 Å². The molecule has 0 aliphatic heterocycles. The molecule has 0 saturated heterocycles. The van der Waals surface area contributed by atoms with Crippen LogP contribution in [0.1, 0.15) is 11.1 Å². The Hall–Kier alpha value is -1.24. The van der Waals surface area contributed by atoms with Crippen molar-refractivity contribution in [1.29, 1.82) is 5.26 Å². The van der Waals surface area contributed by atoms with Crippen LogP contribution in [0.4, 0.5) is 39.5 Å². The summed E-state index contributed by atoms with van der Waals surface area (Å²) >= 11 is 2.79. The Bertz CT molecular complexity index is 976. The quantitative estimate of drug-likeness (QED) is 0.252. The maximum Gasteiger partial charge on any atom is 0.457 e. The molecular formula is C17H6F9I2N. The number of hydrogen-bond acceptors (Lipinski definition) is 1. The highest BCUT2D eigenvalue weighted by Gasteiger charge is 2.82. The lowest BCUT2D eigenvalue weighted by atomic mass is 9.82. The molecule has 156 valence electrons. The summed E-state index contributed by atoms with van der Waals surface area (Å²) in [6.07, 6.45) is -13.4. The molecule has 0 aliphatic carbocycles. The maximum atomic E-state index is 15.1. The van der Waals surface area contributed by atoms with Gasteiger partial charge in [-0.1, -0.05) is 12.1 Å². The minimum absolute atomic E-state index is 0.109.